The van der Waals surface area contributed by atoms with E-state index in [1.54, 1.807) is 17.0 Å². The van der Waals surface area contributed by atoms with Crippen LogP contribution in [0.3, 0.4) is 0 Å². The minimum atomic E-state index is -0.0995. The Bertz CT molecular complexity index is 839. The van der Waals surface area contributed by atoms with Crippen LogP contribution in [0.4, 0.5) is 0 Å². The van der Waals surface area contributed by atoms with E-state index in [9.17, 15) is 4.79 Å². The maximum absolute atomic E-state index is 12.4. The molecule has 7 nitrogen and oxygen atoms in total. The second kappa shape index (κ2) is 7.19. The van der Waals surface area contributed by atoms with Crippen molar-refractivity contribution in [2.45, 2.75) is 70.9 Å². The highest BCUT2D eigenvalue weighted by molar-refractivity contribution is 5.10. The van der Waals surface area contributed by atoms with Gasteiger partial charge in [0, 0.05) is 23.9 Å². The first-order chi connectivity index (χ1) is 12.9. The lowest BCUT2D eigenvalue weighted by Crippen LogP contribution is -2.36. The number of aromatic nitrogens is 4. The third kappa shape index (κ3) is 4.46. The van der Waals surface area contributed by atoms with Crippen molar-refractivity contribution in [2.24, 2.45) is 5.92 Å². The van der Waals surface area contributed by atoms with Crippen LogP contribution in [-0.2, 0) is 18.5 Å². The van der Waals surface area contributed by atoms with Crippen LogP contribution in [0.1, 0.15) is 69.8 Å². The topological polar surface area (TPSA) is 77.0 Å². The van der Waals surface area contributed by atoms with Gasteiger partial charge in [-0.05, 0) is 44.7 Å². The Labute approximate surface area is 159 Å². The van der Waals surface area contributed by atoms with Crippen molar-refractivity contribution >= 4 is 0 Å². The van der Waals surface area contributed by atoms with Crippen LogP contribution >= 0.6 is 0 Å². The zero-order valence-corrected chi connectivity index (χ0v) is 16.5. The number of likely N-dealkylation sites (tertiary alicyclic amines) is 1. The van der Waals surface area contributed by atoms with Gasteiger partial charge in [-0.3, -0.25) is 14.3 Å². The summed E-state index contributed by atoms with van der Waals surface area (Å²) in [4.78, 5) is 19.3. The smallest absolute Gasteiger partial charge is 0.253 e. The molecule has 27 heavy (non-hydrogen) atoms. The van der Waals surface area contributed by atoms with E-state index < -0.39 is 0 Å². The molecule has 0 amide bonds. The number of hydrogen-bond donors (Lipinski definition) is 0. The Kier molecular flexibility index (Phi) is 4.88. The fourth-order valence-electron chi connectivity index (χ4n) is 3.60. The zero-order valence-electron chi connectivity index (χ0n) is 16.5. The molecular formula is C20H29N5O2. The molecule has 146 valence electrons. The first-order valence-corrected chi connectivity index (χ1v) is 10.00. The molecule has 0 bridgehead atoms. The Morgan fingerprint density at radius 1 is 1.15 bits per heavy atom. The van der Waals surface area contributed by atoms with E-state index in [-0.39, 0.29) is 11.0 Å². The summed E-state index contributed by atoms with van der Waals surface area (Å²) in [5.74, 6) is 2.55. The van der Waals surface area contributed by atoms with Gasteiger partial charge in [-0.25, -0.2) is 4.98 Å². The second-order valence-electron chi connectivity index (χ2n) is 9.04. The van der Waals surface area contributed by atoms with Crippen LogP contribution < -0.4 is 5.56 Å². The Hall–Kier alpha value is -2.02. The molecule has 2 aromatic heterocycles. The van der Waals surface area contributed by atoms with Gasteiger partial charge in [-0.1, -0.05) is 20.8 Å². The molecule has 2 fully saturated rings. The third-order valence-electron chi connectivity index (χ3n) is 5.58. The minimum Gasteiger partial charge on any atom is -0.424 e. The van der Waals surface area contributed by atoms with Crippen molar-refractivity contribution < 1.29 is 4.42 Å². The summed E-state index contributed by atoms with van der Waals surface area (Å²) >= 11 is 0. The van der Waals surface area contributed by atoms with E-state index in [2.05, 4.69) is 40.9 Å². The van der Waals surface area contributed by atoms with Crippen LogP contribution in [0.5, 0.6) is 0 Å². The van der Waals surface area contributed by atoms with Crippen LogP contribution in [0, 0.1) is 5.92 Å². The Balaban J connectivity index is 1.29. The molecule has 1 aliphatic carbocycles. The first-order valence-electron chi connectivity index (χ1n) is 10.00. The van der Waals surface area contributed by atoms with E-state index in [0.29, 0.717) is 11.8 Å². The highest BCUT2D eigenvalue weighted by Crippen LogP contribution is 2.39. The Morgan fingerprint density at radius 2 is 1.89 bits per heavy atom. The minimum absolute atomic E-state index is 0.0517. The summed E-state index contributed by atoms with van der Waals surface area (Å²) in [6.07, 6.45) is 6.21. The molecule has 4 rings (SSSR count). The SMILES string of the molecule is CC(C)(C)c1cc(=O)n(CC2CCN(Cc3nnc(C4CC4)o3)CC2)cn1. The van der Waals surface area contributed by atoms with Crippen molar-refractivity contribution in [3.8, 4) is 0 Å². The Morgan fingerprint density at radius 3 is 2.52 bits per heavy atom. The van der Waals surface area contributed by atoms with Gasteiger partial charge in [0.15, 0.2) is 0 Å². The molecule has 0 aromatic carbocycles. The van der Waals surface area contributed by atoms with Gasteiger partial charge in [-0.2, -0.15) is 0 Å². The van der Waals surface area contributed by atoms with Crippen LogP contribution in [-0.4, -0.2) is 37.7 Å². The monoisotopic (exact) mass is 371 g/mol. The van der Waals surface area contributed by atoms with Crippen molar-refractivity contribution in [3.05, 3.63) is 40.2 Å². The number of rotatable bonds is 5. The lowest BCUT2D eigenvalue weighted by molar-refractivity contribution is 0.153. The van der Waals surface area contributed by atoms with Crippen molar-refractivity contribution in [2.75, 3.05) is 13.1 Å². The number of hydrogen-bond acceptors (Lipinski definition) is 6. The zero-order chi connectivity index (χ0) is 19.0. The van der Waals surface area contributed by atoms with Gasteiger partial charge < -0.3 is 4.42 Å². The molecule has 2 aliphatic rings. The summed E-state index contributed by atoms with van der Waals surface area (Å²) in [5, 5.41) is 8.35. The van der Waals surface area contributed by atoms with E-state index >= 15 is 0 Å². The van der Waals surface area contributed by atoms with Crippen molar-refractivity contribution in [3.63, 3.8) is 0 Å². The van der Waals surface area contributed by atoms with Gasteiger partial charge in [0.2, 0.25) is 11.8 Å². The van der Waals surface area contributed by atoms with Gasteiger partial charge >= 0.3 is 0 Å². The van der Waals surface area contributed by atoms with Gasteiger partial charge in [0.05, 0.1) is 18.6 Å². The normalized spacial score (nSPS) is 19.5. The molecule has 1 aliphatic heterocycles. The average molecular weight is 371 g/mol. The van der Waals surface area contributed by atoms with Crippen LogP contribution in [0.2, 0.25) is 0 Å². The maximum Gasteiger partial charge on any atom is 0.253 e. The van der Waals surface area contributed by atoms with E-state index in [4.69, 9.17) is 4.42 Å². The summed E-state index contributed by atoms with van der Waals surface area (Å²) in [6.45, 7) is 9.69. The van der Waals surface area contributed by atoms with Crippen LogP contribution in [0.15, 0.2) is 21.6 Å². The summed E-state index contributed by atoms with van der Waals surface area (Å²) < 4.78 is 7.53. The summed E-state index contributed by atoms with van der Waals surface area (Å²) in [7, 11) is 0. The van der Waals surface area contributed by atoms with E-state index in [0.717, 1.165) is 56.5 Å². The molecule has 1 saturated heterocycles. The van der Waals surface area contributed by atoms with Crippen molar-refractivity contribution in [1.29, 1.82) is 0 Å². The number of nitrogens with zero attached hydrogens (tertiary/aromatic N) is 5. The molecule has 0 N–H and O–H groups in total. The molecule has 0 spiro atoms. The molecule has 2 aromatic rings. The fourth-order valence-corrected chi connectivity index (χ4v) is 3.60. The predicted octanol–water partition coefficient (Wildman–Crippen LogP) is 2.71. The molecule has 3 heterocycles. The molecule has 7 heteroatoms. The largest absolute Gasteiger partial charge is 0.424 e. The van der Waals surface area contributed by atoms with E-state index in [1.165, 1.54) is 12.8 Å². The van der Waals surface area contributed by atoms with Gasteiger partial charge in [0.25, 0.3) is 5.56 Å². The van der Waals surface area contributed by atoms with Gasteiger partial charge in [0.1, 0.15) is 0 Å². The second-order valence-corrected chi connectivity index (χ2v) is 9.04. The lowest BCUT2D eigenvalue weighted by atomic mass is 9.92. The standard InChI is InChI=1S/C20H29N5O2/c1-20(2,3)16-10-18(26)25(13-21-16)11-14-6-8-24(9-7-14)12-17-22-23-19(27-17)15-4-5-15/h10,13-15H,4-9,11-12H2,1-3H3. The van der Waals surface area contributed by atoms with Gasteiger partial charge in [-0.15, -0.1) is 10.2 Å². The highest BCUT2D eigenvalue weighted by Gasteiger charge is 2.30. The molecule has 0 unspecified atom stereocenters. The average Bonchev–Trinajstić information content (AvgIpc) is 3.37. The molecule has 0 atom stereocenters. The predicted molar refractivity (Wildman–Crippen MR) is 101 cm³/mol. The fraction of sp³-hybridized carbons (Fsp3) is 0.700. The van der Waals surface area contributed by atoms with E-state index in [1.807, 2.05) is 0 Å². The van der Waals surface area contributed by atoms with Crippen LogP contribution in [0.25, 0.3) is 0 Å². The highest BCUT2D eigenvalue weighted by atomic mass is 16.4. The molecule has 0 radical (unpaired) electrons. The molecular weight excluding hydrogens is 342 g/mol. The quantitative estimate of drug-likeness (QED) is 0.804. The number of piperidine rings is 1. The summed E-state index contributed by atoms with van der Waals surface area (Å²) in [6, 6.07) is 1.68. The summed E-state index contributed by atoms with van der Waals surface area (Å²) in [5.41, 5.74) is 0.803. The van der Waals surface area contributed by atoms with Crippen molar-refractivity contribution in [1.82, 2.24) is 24.6 Å². The third-order valence-corrected chi connectivity index (χ3v) is 5.58. The first kappa shape index (κ1) is 18.3. The lowest BCUT2D eigenvalue weighted by Gasteiger charge is -2.31. The maximum atomic E-state index is 12.4. The molecule has 1 saturated carbocycles.